The maximum absolute atomic E-state index is 12.8. The lowest BCUT2D eigenvalue weighted by Gasteiger charge is -2.25. The summed E-state index contributed by atoms with van der Waals surface area (Å²) >= 11 is 1.51. The van der Waals surface area contributed by atoms with E-state index >= 15 is 0 Å². The Morgan fingerprint density at radius 1 is 1.03 bits per heavy atom. The molecule has 8 nitrogen and oxygen atoms in total. The normalized spacial score (nSPS) is 15.1. The van der Waals surface area contributed by atoms with Gasteiger partial charge >= 0.3 is 0 Å². The highest BCUT2D eigenvalue weighted by Crippen LogP contribution is 2.43. The lowest BCUT2D eigenvalue weighted by Crippen LogP contribution is -2.25. The molecular weight excluding hydrogens is 464 g/mol. The van der Waals surface area contributed by atoms with Crippen molar-refractivity contribution in [2.75, 3.05) is 25.1 Å². The van der Waals surface area contributed by atoms with Crippen LogP contribution in [0.2, 0.25) is 0 Å². The van der Waals surface area contributed by atoms with E-state index in [-0.39, 0.29) is 11.8 Å². The van der Waals surface area contributed by atoms with Gasteiger partial charge in [0, 0.05) is 17.9 Å². The van der Waals surface area contributed by atoms with Crippen molar-refractivity contribution >= 4 is 33.3 Å². The van der Waals surface area contributed by atoms with Crippen LogP contribution >= 0.6 is 11.3 Å². The van der Waals surface area contributed by atoms with Gasteiger partial charge in [-0.15, -0.1) is 0 Å². The zero-order valence-electron chi connectivity index (χ0n) is 20.3. The van der Waals surface area contributed by atoms with E-state index in [1.165, 1.54) is 11.3 Å². The second-order valence-electron chi connectivity index (χ2n) is 8.20. The Morgan fingerprint density at radius 2 is 1.80 bits per heavy atom. The molecule has 1 atom stereocenters. The van der Waals surface area contributed by atoms with E-state index in [2.05, 4.69) is 5.32 Å². The molecular formula is C26H28N4O4S. The summed E-state index contributed by atoms with van der Waals surface area (Å²) in [6.07, 6.45) is 0.330. The van der Waals surface area contributed by atoms with Gasteiger partial charge in [0.1, 0.15) is 11.6 Å². The molecule has 4 aromatic rings. The molecule has 1 aliphatic heterocycles. The molecule has 1 unspecified atom stereocenters. The number of ether oxygens (including phenoxy) is 3. The number of aromatic nitrogens is 3. The molecule has 3 heterocycles. The highest BCUT2D eigenvalue weighted by molar-refractivity contribution is 7.20. The Hall–Kier alpha value is -3.59. The highest BCUT2D eigenvalue weighted by Gasteiger charge is 2.33. The number of hydrogen-bond donors (Lipinski definition) is 1. The molecule has 9 heteroatoms. The van der Waals surface area contributed by atoms with Gasteiger partial charge in [0.25, 0.3) is 0 Å². The number of carbonyl (C=O) groups is 1. The van der Waals surface area contributed by atoms with Crippen LogP contribution in [-0.4, -0.2) is 40.5 Å². The lowest BCUT2D eigenvalue weighted by atomic mass is 9.85. The van der Waals surface area contributed by atoms with Crippen molar-refractivity contribution in [1.29, 1.82) is 0 Å². The molecule has 0 aliphatic carbocycles. The molecule has 0 bridgehead atoms. The van der Waals surface area contributed by atoms with Crippen LogP contribution < -0.4 is 19.5 Å². The highest BCUT2D eigenvalue weighted by atomic mass is 32.1. The van der Waals surface area contributed by atoms with E-state index in [0.29, 0.717) is 48.7 Å². The Morgan fingerprint density at radius 3 is 2.57 bits per heavy atom. The molecule has 0 spiro atoms. The number of carbonyl (C=O) groups excluding carboxylic acids is 1. The van der Waals surface area contributed by atoms with Gasteiger partial charge in [-0.1, -0.05) is 17.4 Å². The fourth-order valence-corrected chi connectivity index (χ4v) is 5.45. The SMILES string of the molecule is CCOc1ccc2nc(-n3nc(C)c4c3NC(=O)CC4c3ccc(OCC)c(OCC)c3)sc2c1. The third-order valence-electron chi connectivity index (χ3n) is 5.91. The van der Waals surface area contributed by atoms with Crippen molar-refractivity contribution in [1.82, 2.24) is 14.8 Å². The second kappa shape index (κ2) is 9.58. The first kappa shape index (κ1) is 23.2. The topological polar surface area (TPSA) is 87.5 Å². The molecule has 182 valence electrons. The van der Waals surface area contributed by atoms with Gasteiger partial charge < -0.3 is 19.5 Å². The molecule has 1 aliphatic rings. The van der Waals surface area contributed by atoms with Gasteiger partial charge in [0.05, 0.1) is 35.7 Å². The molecule has 1 amide bonds. The summed E-state index contributed by atoms with van der Waals surface area (Å²) in [7, 11) is 0. The number of rotatable bonds is 8. The quantitative estimate of drug-likeness (QED) is 0.351. The van der Waals surface area contributed by atoms with E-state index in [9.17, 15) is 4.79 Å². The molecule has 1 N–H and O–H groups in total. The number of nitrogens with one attached hydrogen (secondary N) is 1. The van der Waals surface area contributed by atoms with Gasteiger partial charge in [-0.3, -0.25) is 4.79 Å². The summed E-state index contributed by atoms with van der Waals surface area (Å²) in [5, 5.41) is 8.53. The molecule has 0 saturated carbocycles. The summed E-state index contributed by atoms with van der Waals surface area (Å²) < 4.78 is 19.9. The first-order valence-corrected chi connectivity index (χ1v) is 12.7. The number of fused-ring (bicyclic) bond motifs is 2. The van der Waals surface area contributed by atoms with Crippen molar-refractivity contribution in [3.05, 3.63) is 53.2 Å². The van der Waals surface area contributed by atoms with Crippen LogP contribution in [0.3, 0.4) is 0 Å². The van der Waals surface area contributed by atoms with Crippen molar-refractivity contribution in [2.24, 2.45) is 0 Å². The zero-order valence-corrected chi connectivity index (χ0v) is 21.1. The number of hydrogen-bond acceptors (Lipinski definition) is 7. The number of benzene rings is 2. The van der Waals surface area contributed by atoms with Crippen LogP contribution in [0.25, 0.3) is 15.3 Å². The molecule has 0 radical (unpaired) electrons. The van der Waals surface area contributed by atoms with Crippen LogP contribution in [0.4, 0.5) is 5.82 Å². The first-order chi connectivity index (χ1) is 17.0. The molecule has 0 fully saturated rings. The van der Waals surface area contributed by atoms with Gasteiger partial charge in [-0.2, -0.15) is 9.78 Å². The number of nitrogens with zero attached hydrogens (tertiary/aromatic N) is 3. The second-order valence-corrected chi connectivity index (χ2v) is 9.20. The summed E-state index contributed by atoms with van der Waals surface area (Å²) in [5.74, 6) is 2.65. The first-order valence-electron chi connectivity index (χ1n) is 11.8. The third-order valence-corrected chi connectivity index (χ3v) is 6.91. The van der Waals surface area contributed by atoms with E-state index < -0.39 is 0 Å². The molecule has 35 heavy (non-hydrogen) atoms. The van der Waals surface area contributed by atoms with E-state index in [4.69, 9.17) is 24.3 Å². The molecule has 0 saturated heterocycles. The third kappa shape index (κ3) is 4.32. The van der Waals surface area contributed by atoms with Crippen LogP contribution in [0.5, 0.6) is 17.2 Å². The van der Waals surface area contributed by atoms with Crippen LogP contribution in [0, 0.1) is 6.92 Å². The number of amides is 1. The minimum Gasteiger partial charge on any atom is -0.494 e. The van der Waals surface area contributed by atoms with Gasteiger partial charge in [0.15, 0.2) is 11.5 Å². The van der Waals surface area contributed by atoms with E-state index in [1.807, 2.05) is 64.1 Å². The van der Waals surface area contributed by atoms with Gasteiger partial charge in [0.2, 0.25) is 11.0 Å². The Bertz CT molecular complexity index is 1390. The van der Waals surface area contributed by atoms with Crippen LogP contribution in [-0.2, 0) is 4.79 Å². The number of thiazole rings is 1. The number of aryl methyl sites for hydroxylation is 1. The molecule has 5 rings (SSSR count). The van der Waals surface area contributed by atoms with Crippen molar-refractivity contribution in [3.8, 4) is 22.4 Å². The largest absolute Gasteiger partial charge is 0.494 e. The van der Waals surface area contributed by atoms with Crippen LogP contribution in [0.1, 0.15) is 49.9 Å². The summed E-state index contributed by atoms with van der Waals surface area (Å²) in [6, 6.07) is 11.7. The summed E-state index contributed by atoms with van der Waals surface area (Å²) in [5.41, 5.74) is 3.69. The summed E-state index contributed by atoms with van der Waals surface area (Å²) in [6.45, 7) is 9.50. The van der Waals surface area contributed by atoms with Crippen molar-refractivity contribution in [2.45, 2.75) is 40.0 Å². The van der Waals surface area contributed by atoms with Crippen LogP contribution in [0.15, 0.2) is 36.4 Å². The zero-order chi connectivity index (χ0) is 24.5. The minimum atomic E-state index is -0.152. The Labute approximate surface area is 207 Å². The maximum Gasteiger partial charge on any atom is 0.226 e. The smallest absolute Gasteiger partial charge is 0.226 e. The Balaban J connectivity index is 1.58. The van der Waals surface area contributed by atoms with Crippen molar-refractivity contribution in [3.63, 3.8) is 0 Å². The monoisotopic (exact) mass is 492 g/mol. The average Bonchev–Trinajstić information content (AvgIpc) is 3.40. The Kier molecular flexibility index (Phi) is 6.34. The summed E-state index contributed by atoms with van der Waals surface area (Å²) in [4.78, 5) is 17.6. The van der Waals surface area contributed by atoms with Gasteiger partial charge in [-0.05, 0) is 63.6 Å². The van der Waals surface area contributed by atoms with E-state index in [1.54, 1.807) is 4.68 Å². The molecule has 2 aromatic heterocycles. The fourth-order valence-electron chi connectivity index (χ4n) is 4.49. The maximum atomic E-state index is 12.8. The predicted molar refractivity (Wildman–Crippen MR) is 137 cm³/mol. The number of anilines is 1. The van der Waals surface area contributed by atoms with Gasteiger partial charge in [-0.25, -0.2) is 4.98 Å². The lowest BCUT2D eigenvalue weighted by molar-refractivity contribution is -0.116. The van der Waals surface area contributed by atoms with Crippen molar-refractivity contribution < 1.29 is 19.0 Å². The average molecular weight is 493 g/mol. The van der Waals surface area contributed by atoms with E-state index in [0.717, 1.165) is 32.8 Å². The molecule has 2 aromatic carbocycles. The fraction of sp³-hybridized carbons (Fsp3) is 0.346. The predicted octanol–water partition coefficient (Wildman–Crippen LogP) is 5.46. The minimum absolute atomic E-state index is 0.0600. The standard InChI is InChI=1S/C26H28N4O4S/c1-5-32-17-9-10-19-22(13-17)35-26(27-19)30-25-24(15(4)29-30)18(14-23(31)28-25)16-8-11-20(33-6-2)21(12-16)34-7-3/h8-13,18H,5-7,14H2,1-4H3,(H,28,31).